The third-order valence-corrected chi connectivity index (χ3v) is 3.78. The molecule has 0 aliphatic rings. The highest BCUT2D eigenvalue weighted by Gasteiger charge is 2.07. The van der Waals surface area contributed by atoms with E-state index in [2.05, 4.69) is 10.3 Å². The predicted octanol–water partition coefficient (Wildman–Crippen LogP) is 3.01. The molecule has 1 N–H and O–H groups in total. The lowest BCUT2D eigenvalue weighted by molar-refractivity contribution is -0.113. The smallest absolute Gasteiger partial charge is 0.236 e. The third-order valence-electron chi connectivity index (χ3n) is 2.22. The summed E-state index contributed by atoms with van der Waals surface area (Å²) in [7, 11) is 0. The van der Waals surface area contributed by atoms with Gasteiger partial charge in [-0.05, 0) is 0 Å². The number of hydrogen-bond donors (Lipinski definition) is 1. The van der Waals surface area contributed by atoms with E-state index < -0.39 is 0 Å². The maximum atomic E-state index is 11.6. The van der Waals surface area contributed by atoms with Crippen LogP contribution in [0.5, 0.6) is 0 Å². The van der Waals surface area contributed by atoms with E-state index in [0.717, 1.165) is 11.3 Å². The van der Waals surface area contributed by atoms with Crippen molar-refractivity contribution in [1.29, 1.82) is 5.26 Å². The van der Waals surface area contributed by atoms with E-state index in [1.54, 1.807) is 0 Å². The van der Waals surface area contributed by atoms with Gasteiger partial charge in [0, 0.05) is 10.9 Å². The Morgan fingerprint density at radius 2 is 2.21 bits per heavy atom. The number of nitrogens with zero attached hydrogens (tertiary/aromatic N) is 2. The minimum absolute atomic E-state index is 0.130. The summed E-state index contributed by atoms with van der Waals surface area (Å²) in [5.74, 6) is 0.461. The Balaban J connectivity index is 1.95. The summed E-state index contributed by atoms with van der Waals surface area (Å²) < 4.78 is 0. The van der Waals surface area contributed by atoms with Crippen LogP contribution in [-0.2, 0) is 4.79 Å². The highest BCUT2D eigenvalue weighted by atomic mass is 32.2. The molecule has 0 spiro atoms. The van der Waals surface area contributed by atoms with Gasteiger partial charge in [0.1, 0.15) is 0 Å². The summed E-state index contributed by atoms with van der Waals surface area (Å²) in [4.78, 5) is 15.9. The number of nitrogens with one attached hydrogen (secondary N) is 1. The number of hydrogen-bond acceptors (Lipinski definition) is 5. The van der Waals surface area contributed by atoms with Crippen molar-refractivity contribution in [2.45, 2.75) is 0 Å². The number of anilines is 1. The molecule has 0 aliphatic carbocycles. The molecule has 0 unspecified atom stereocenters. The van der Waals surface area contributed by atoms with Crippen LogP contribution >= 0.6 is 23.1 Å². The minimum Gasteiger partial charge on any atom is -0.301 e. The zero-order valence-corrected chi connectivity index (χ0v) is 11.6. The van der Waals surface area contributed by atoms with Crippen LogP contribution in [-0.4, -0.2) is 22.4 Å². The standard InChI is InChI=1S/C13H11N3OS2/c14-6-7-18-9-12(17)16-13-15-11(8-19-13)10-4-2-1-3-5-10/h1-5,8H,7,9H2,(H,15,16,17). The lowest BCUT2D eigenvalue weighted by Crippen LogP contribution is -2.14. The average Bonchev–Trinajstić information content (AvgIpc) is 2.88. The molecule has 1 aromatic carbocycles. The molecule has 0 saturated carbocycles. The van der Waals surface area contributed by atoms with Gasteiger partial charge in [-0.3, -0.25) is 4.79 Å². The largest absolute Gasteiger partial charge is 0.301 e. The number of carbonyl (C=O) groups is 1. The Morgan fingerprint density at radius 1 is 1.42 bits per heavy atom. The van der Waals surface area contributed by atoms with Gasteiger partial charge in [0.05, 0.1) is 23.3 Å². The van der Waals surface area contributed by atoms with E-state index in [0.29, 0.717) is 10.9 Å². The van der Waals surface area contributed by atoms with E-state index in [-0.39, 0.29) is 11.7 Å². The molecule has 0 saturated heterocycles. The Kier molecular flexibility index (Phi) is 4.95. The van der Waals surface area contributed by atoms with Crippen molar-refractivity contribution in [1.82, 2.24) is 4.98 Å². The van der Waals surface area contributed by atoms with Crippen molar-refractivity contribution in [3.05, 3.63) is 35.7 Å². The van der Waals surface area contributed by atoms with Crippen LogP contribution in [0.4, 0.5) is 5.13 Å². The van der Waals surface area contributed by atoms with Gasteiger partial charge in [-0.15, -0.1) is 23.1 Å². The predicted molar refractivity (Wildman–Crippen MR) is 79.1 cm³/mol. The third kappa shape index (κ3) is 4.09. The molecule has 0 bridgehead atoms. The Labute approximate surface area is 119 Å². The van der Waals surface area contributed by atoms with Gasteiger partial charge in [0.2, 0.25) is 5.91 Å². The lowest BCUT2D eigenvalue weighted by Gasteiger charge is -1.99. The number of aromatic nitrogens is 1. The van der Waals surface area contributed by atoms with Crippen LogP contribution in [0.15, 0.2) is 35.7 Å². The zero-order chi connectivity index (χ0) is 13.5. The molecule has 1 amide bonds. The zero-order valence-electron chi connectivity index (χ0n) is 10.00. The molecule has 2 rings (SSSR count). The van der Waals surface area contributed by atoms with E-state index in [1.807, 2.05) is 41.8 Å². The van der Waals surface area contributed by atoms with Crippen LogP contribution in [0.3, 0.4) is 0 Å². The van der Waals surface area contributed by atoms with Gasteiger partial charge in [0.25, 0.3) is 0 Å². The fraction of sp³-hybridized carbons (Fsp3) is 0.154. The molecule has 6 heteroatoms. The fourth-order valence-electron chi connectivity index (χ4n) is 1.42. The number of rotatable bonds is 5. The second-order valence-corrected chi connectivity index (χ2v) is 5.45. The topological polar surface area (TPSA) is 65.8 Å². The average molecular weight is 289 g/mol. The van der Waals surface area contributed by atoms with Crippen molar-refractivity contribution >= 4 is 34.1 Å². The van der Waals surface area contributed by atoms with Crippen molar-refractivity contribution in [3.63, 3.8) is 0 Å². The first kappa shape index (κ1) is 13.6. The molecule has 0 fully saturated rings. The summed E-state index contributed by atoms with van der Waals surface area (Å²) in [5.41, 5.74) is 1.88. The van der Waals surface area contributed by atoms with Gasteiger partial charge >= 0.3 is 0 Å². The van der Waals surface area contributed by atoms with E-state index in [9.17, 15) is 4.79 Å². The van der Waals surface area contributed by atoms with Crippen molar-refractivity contribution in [2.75, 3.05) is 16.8 Å². The summed E-state index contributed by atoms with van der Waals surface area (Å²) in [5, 5.41) is 13.6. The summed E-state index contributed by atoms with van der Waals surface area (Å²) in [6, 6.07) is 11.8. The van der Waals surface area contributed by atoms with E-state index in [1.165, 1.54) is 23.1 Å². The molecule has 19 heavy (non-hydrogen) atoms. The van der Waals surface area contributed by atoms with Crippen LogP contribution in [0.2, 0.25) is 0 Å². The summed E-state index contributed by atoms with van der Waals surface area (Å²) in [6.45, 7) is 0. The molecule has 1 aromatic heterocycles. The molecule has 96 valence electrons. The SMILES string of the molecule is N#CCSCC(=O)Nc1nc(-c2ccccc2)cs1. The molecule has 0 atom stereocenters. The second-order valence-electron chi connectivity index (χ2n) is 3.60. The summed E-state index contributed by atoms with van der Waals surface area (Å²) in [6.07, 6.45) is 0. The lowest BCUT2D eigenvalue weighted by atomic mass is 10.2. The molecule has 0 radical (unpaired) electrons. The first-order chi connectivity index (χ1) is 9.29. The molecule has 1 heterocycles. The van der Waals surface area contributed by atoms with Crippen molar-refractivity contribution in [3.8, 4) is 17.3 Å². The minimum atomic E-state index is -0.130. The van der Waals surface area contributed by atoms with E-state index >= 15 is 0 Å². The van der Waals surface area contributed by atoms with Crippen LogP contribution in [0.25, 0.3) is 11.3 Å². The summed E-state index contributed by atoms with van der Waals surface area (Å²) >= 11 is 2.68. The van der Waals surface area contributed by atoms with Gasteiger partial charge in [0.15, 0.2) is 5.13 Å². The Hall–Kier alpha value is -1.84. The second kappa shape index (κ2) is 6.92. The van der Waals surface area contributed by atoms with Crippen molar-refractivity contribution in [2.24, 2.45) is 0 Å². The molecular weight excluding hydrogens is 278 g/mol. The Morgan fingerprint density at radius 3 is 2.95 bits per heavy atom. The Bertz CT molecular complexity index is 589. The quantitative estimate of drug-likeness (QED) is 0.859. The van der Waals surface area contributed by atoms with Crippen molar-refractivity contribution < 1.29 is 4.79 Å². The van der Waals surface area contributed by atoms with Gasteiger partial charge in [-0.2, -0.15) is 5.26 Å². The number of amides is 1. The normalized spacial score (nSPS) is 9.84. The first-order valence-electron chi connectivity index (χ1n) is 5.55. The van der Waals surface area contributed by atoms with Crippen LogP contribution in [0, 0.1) is 11.3 Å². The number of carbonyl (C=O) groups excluding carboxylic acids is 1. The molecule has 0 aliphatic heterocycles. The monoisotopic (exact) mass is 289 g/mol. The van der Waals surface area contributed by atoms with Gasteiger partial charge in [-0.25, -0.2) is 4.98 Å². The number of thioether (sulfide) groups is 1. The molecule has 2 aromatic rings. The fourth-order valence-corrected chi connectivity index (χ4v) is 2.60. The molecular formula is C13H11N3OS2. The number of thiazole rings is 1. The van der Waals surface area contributed by atoms with E-state index in [4.69, 9.17) is 5.26 Å². The van der Waals surface area contributed by atoms with Crippen LogP contribution < -0.4 is 5.32 Å². The van der Waals surface area contributed by atoms with Crippen LogP contribution in [0.1, 0.15) is 0 Å². The maximum Gasteiger partial charge on any atom is 0.236 e. The highest BCUT2D eigenvalue weighted by Crippen LogP contribution is 2.24. The highest BCUT2D eigenvalue weighted by molar-refractivity contribution is 8.00. The molecule has 4 nitrogen and oxygen atoms in total. The van der Waals surface area contributed by atoms with Gasteiger partial charge < -0.3 is 5.32 Å². The number of benzene rings is 1. The maximum absolute atomic E-state index is 11.6. The first-order valence-corrected chi connectivity index (χ1v) is 7.58. The number of nitriles is 1. The van der Waals surface area contributed by atoms with Gasteiger partial charge in [-0.1, -0.05) is 30.3 Å².